The van der Waals surface area contributed by atoms with E-state index in [1.165, 1.54) is 0 Å². The van der Waals surface area contributed by atoms with Gasteiger partial charge in [-0.3, -0.25) is 9.55 Å². The summed E-state index contributed by atoms with van der Waals surface area (Å²) >= 11 is 0. The zero-order valence-electron chi connectivity index (χ0n) is 16.0. The number of hydrogen-bond donors (Lipinski definition) is 0. The van der Waals surface area contributed by atoms with Crippen molar-refractivity contribution in [3.8, 4) is 11.1 Å². The smallest absolute Gasteiger partial charge is 0.305 e. The van der Waals surface area contributed by atoms with Crippen molar-refractivity contribution in [3.05, 3.63) is 72.9 Å². The summed E-state index contributed by atoms with van der Waals surface area (Å²) in [5, 5.41) is 3.72. The molecule has 0 N–H and O–H groups in total. The van der Waals surface area contributed by atoms with Crippen LogP contribution in [0.4, 0.5) is 0 Å². The number of hydrogen-bond acceptors (Lipinski definition) is 4. The van der Waals surface area contributed by atoms with Gasteiger partial charge in [0.05, 0.1) is 24.0 Å². The van der Waals surface area contributed by atoms with E-state index in [9.17, 15) is 4.57 Å². The second-order valence-electron chi connectivity index (χ2n) is 6.39. The van der Waals surface area contributed by atoms with Gasteiger partial charge in [0.2, 0.25) is 0 Å². The fourth-order valence-electron chi connectivity index (χ4n) is 3.59. The summed E-state index contributed by atoms with van der Waals surface area (Å²) in [6, 6.07) is 22.0. The number of fused-ring (bicyclic) bond motifs is 2. The standard InChI is InChI=1S/C23H22NO3P/c1-3-26-28(25,27-4-2)21-15-14-18-11-8-16-24-23(18)22(21)20-13-7-10-17-9-5-6-12-19(17)20/h5-16H,3-4H2,1-2H3. The van der Waals surface area contributed by atoms with Crippen molar-refractivity contribution in [1.82, 2.24) is 4.98 Å². The van der Waals surface area contributed by atoms with Crippen molar-refractivity contribution < 1.29 is 13.6 Å². The molecule has 0 amide bonds. The molecule has 0 aliphatic carbocycles. The molecular formula is C23H22NO3P. The number of benzene rings is 3. The molecule has 1 heterocycles. The van der Waals surface area contributed by atoms with Gasteiger partial charge in [0.1, 0.15) is 0 Å². The SMILES string of the molecule is CCOP(=O)(OCC)c1ccc2cccnc2c1-c1cccc2ccccc12. The first kappa shape index (κ1) is 18.8. The highest BCUT2D eigenvalue weighted by molar-refractivity contribution is 7.62. The van der Waals surface area contributed by atoms with Crippen molar-refractivity contribution in [3.63, 3.8) is 0 Å². The molecule has 0 fully saturated rings. The van der Waals surface area contributed by atoms with E-state index in [2.05, 4.69) is 23.2 Å². The Balaban J connectivity index is 2.12. The minimum absolute atomic E-state index is 0.298. The Hall–Kier alpha value is -2.52. The van der Waals surface area contributed by atoms with Crippen molar-refractivity contribution in [2.45, 2.75) is 13.8 Å². The molecule has 142 valence electrons. The van der Waals surface area contributed by atoms with E-state index in [1.54, 1.807) is 6.20 Å². The first-order valence-electron chi connectivity index (χ1n) is 9.43. The van der Waals surface area contributed by atoms with Gasteiger partial charge in [0, 0.05) is 17.1 Å². The Kier molecular flexibility index (Phi) is 5.27. The Morgan fingerprint density at radius 2 is 1.54 bits per heavy atom. The van der Waals surface area contributed by atoms with Crippen LogP contribution < -0.4 is 5.30 Å². The van der Waals surface area contributed by atoms with Crippen LogP contribution in [0.25, 0.3) is 32.8 Å². The lowest BCUT2D eigenvalue weighted by atomic mass is 9.96. The van der Waals surface area contributed by atoms with Crippen LogP contribution in [-0.2, 0) is 13.6 Å². The summed E-state index contributed by atoms with van der Waals surface area (Å²) in [7, 11) is -3.50. The molecule has 0 saturated carbocycles. The van der Waals surface area contributed by atoms with Crippen molar-refractivity contribution in [1.29, 1.82) is 0 Å². The molecule has 0 atom stereocenters. The minimum atomic E-state index is -3.50. The molecule has 3 aromatic carbocycles. The zero-order chi connectivity index (χ0) is 19.6. The van der Waals surface area contributed by atoms with Gasteiger partial charge in [0.25, 0.3) is 0 Å². The number of nitrogens with zero attached hydrogens (tertiary/aromatic N) is 1. The molecule has 0 saturated heterocycles. The van der Waals surface area contributed by atoms with Crippen LogP contribution in [0.3, 0.4) is 0 Å². The molecule has 0 radical (unpaired) electrons. The summed E-state index contributed by atoms with van der Waals surface area (Å²) in [4.78, 5) is 4.63. The van der Waals surface area contributed by atoms with E-state index in [0.717, 1.165) is 32.8 Å². The Labute approximate surface area is 164 Å². The predicted molar refractivity (Wildman–Crippen MR) is 115 cm³/mol. The van der Waals surface area contributed by atoms with E-state index in [-0.39, 0.29) is 0 Å². The van der Waals surface area contributed by atoms with Gasteiger partial charge in [-0.2, -0.15) is 0 Å². The van der Waals surface area contributed by atoms with Crippen molar-refractivity contribution >= 4 is 34.6 Å². The monoisotopic (exact) mass is 391 g/mol. The third kappa shape index (κ3) is 3.24. The lowest BCUT2D eigenvalue weighted by Gasteiger charge is -2.22. The third-order valence-corrected chi connectivity index (χ3v) is 6.86. The van der Waals surface area contributed by atoms with Crippen LogP contribution in [0.1, 0.15) is 13.8 Å². The molecule has 0 unspecified atom stereocenters. The molecule has 0 bridgehead atoms. The highest BCUT2D eigenvalue weighted by Crippen LogP contribution is 2.50. The summed E-state index contributed by atoms with van der Waals surface area (Å²) in [5.41, 5.74) is 2.56. The van der Waals surface area contributed by atoms with Gasteiger partial charge >= 0.3 is 7.60 Å². The average Bonchev–Trinajstić information content (AvgIpc) is 2.73. The molecule has 5 heteroatoms. The lowest BCUT2D eigenvalue weighted by molar-refractivity contribution is 0.230. The van der Waals surface area contributed by atoms with Crippen LogP contribution in [0.5, 0.6) is 0 Å². The van der Waals surface area contributed by atoms with Crippen LogP contribution in [0.2, 0.25) is 0 Å². The van der Waals surface area contributed by atoms with Crippen LogP contribution in [0.15, 0.2) is 72.9 Å². The Morgan fingerprint density at radius 3 is 2.32 bits per heavy atom. The largest absolute Gasteiger partial charge is 0.362 e. The predicted octanol–water partition coefficient (Wildman–Crippen LogP) is 5.95. The van der Waals surface area contributed by atoms with E-state index < -0.39 is 7.60 Å². The van der Waals surface area contributed by atoms with Gasteiger partial charge in [-0.25, -0.2) is 0 Å². The highest BCUT2D eigenvalue weighted by atomic mass is 31.2. The maximum atomic E-state index is 13.7. The fourth-order valence-corrected chi connectivity index (χ4v) is 5.38. The molecule has 0 aliphatic heterocycles. The van der Waals surface area contributed by atoms with Crippen molar-refractivity contribution in [2.75, 3.05) is 13.2 Å². The van der Waals surface area contributed by atoms with Crippen LogP contribution >= 0.6 is 7.60 Å². The second kappa shape index (κ2) is 7.84. The second-order valence-corrected chi connectivity index (χ2v) is 8.39. The van der Waals surface area contributed by atoms with E-state index in [4.69, 9.17) is 9.05 Å². The van der Waals surface area contributed by atoms with E-state index in [1.807, 2.05) is 62.4 Å². The third-order valence-electron chi connectivity index (χ3n) is 4.70. The normalized spacial score (nSPS) is 11.9. The van der Waals surface area contributed by atoms with Gasteiger partial charge in [-0.15, -0.1) is 0 Å². The van der Waals surface area contributed by atoms with E-state index >= 15 is 0 Å². The maximum Gasteiger partial charge on any atom is 0.362 e. The van der Waals surface area contributed by atoms with Crippen LogP contribution in [-0.4, -0.2) is 18.2 Å². The topological polar surface area (TPSA) is 48.4 Å². The fraction of sp³-hybridized carbons (Fsp3) is 0.174. The van der Waals surface area contributed by atoms with Crippen LogP contribution in [0, 0.1) is 0 Å². The van der Waals surface area contributed by atoms with Crippen molar-refractivity contribution in [2.24, 2.45) is 0 Å². The summed E-state index contributed by atoms with van der Waals surface area (Å²) in [5.74, 6) is 0. The summed E-state index contributed by atoms with van der Waals surface area (Å²) < 4.78 is 25.1. The minimum Gasteiger partial charge on any atom is -0.305 e. The Bertz CT molecular complexity index is 1170. The van der Waals surface area contributed by atoms with Gasteiger partial charge in [-0.1, -0.05) is 54.6 Å². The number of pyridine rings is 1. The molecule has 4 rings (SSSR count). The molecular weight excluding hydrogens is 369 g/mol. The quantitative estimate of drug-likeness (QED) is 0.381. The highest BCUT2D eigenvalue weighted by Gasteiger charge is 2.31. The first-order chi connectivity index (χ1) is 13.7. The molecule has 0 aliphatic rings. The molecule has 1 aromatic heterocycles. The average molecular weight is 391 g/mol. The summed E-state index contributed by atoms with van der Waals surface area (Å²) in [6.45, 7) is 4.24. The lowest BCUT2D eigenvalue weighted by Crippen LogP contribution is -2.14. The summed E-state index contributed by atoms with van der Waals surface area (Å²) in [6.07, 6.45) is 1.76. The van der Waals surface area contributed by atoms with E-state index in [0.29, 0.717) is 18.5 Å². The zero-order valence-corrected chi connectivity index (χ0v) is 16.9. The first-order valence-corrected chi connectivity index (χ1v) is 11.0. The van der Waals surface area contributed by atoms with Gasteiger partial charge in [0.15, 0.2) is 0 Å². The molecule has 0 spiro atoms. The Morgan fingerprint density at radius 1 is 0.821 bits per heavy atom. The van der Waals surface area contributed by atoms with Gasteiger partial charge in [-0.05, 0) is 42.3 Å². The molecule has 28 heavy (non-hydrogen) atoms. The van der Waals surface area contributed by atoms with Gasteiger partial charge < -0.3 is 9.05 Å². The number of rotatable bonds is 6. The molecule has 4 nitrogen and oxygen atoms in total. The molecule has 4 aromatic rings. The number of aromatic nitrogens is 1. The maximum absolute atomic E-state index is 13.7.